The Balaban J connectivity index is 2.20. The van der Waals surface area contributed by atoms with E-state index in [0.717, 1.165) is 12.6 Å². The van der Waals surface area contributed by atoms with E-state index in [1.807, 2.05) is 6.92 Å². The van der Waals surface area contributed by atoms with Gasteiger partial charge in [-0.25, -0.2) is 8.78 Å². The van der Waals surface area contributed by atoms with Gasteiger partial charge in [0.2, 0.25) is 0 Å². The number of halogens is 2. The Kier molecular flexibility index (Phi) is 4.66. The molecule has 0 radical (unpaired) electrons. The Morgan fingerprint density at radius 1 is 1.16 bits per heavy atom. The van der Waals surface area contributed by atoms with Crippen molar-refractivity contribution >= 4 is 11.3 Å². The Hall–Kier alpha value is -1.26. The highest BCUT2D eigenvalue weighted by Crippen LogP contribution is 2.26. The van der Waals surface area contributed by atoms with Crippen LogP contribution in [0.25, 0.3) is 0 Å². The maximum atomic E-state index is 13.2. The fraction of sp³-hybridized carbons (Fsp3) is 0.333. The van der Waals surface area contributed by atoms with Crippen molar-refractivity contribution in [2.24, 2.45) is 0 Å². The van der Waals surface area contributed by atoms with Crippen molar-refractivity contribution < 1.29 is 8.78 Å². The molecule has 1 atom stereocenters. The number of thiophene rings is 1. The van der Waals surface area contributed by atoms with Crippen molar-refractivity contribution in [1.82, 2.24) is 5.32 Å². The molecule has 0 aliphatic rings. The van der Waals surface area contributed by atoms with E-state index in [0.29, 0.717) is 12.0 Å². The fourth-order valence-corrected chi connectivity index (χ4v) is 3.08. The predicted octanol–water partition coefficient (Wildman–Crippen LogP) is 4.23. The lowest BCUT2D eigenvalue weighted by Crippen LogP contribution is -2.22. The van der Waals surface area contributed by atoms with Gasteiger partial charge in [0.1, 0.15) is 11.6 Å². The van der Waals surface area contributed by atoms with Gasteiger partial charge in [0.05, 0.1) is 0 Å². The SMILES string of the molecule is CCNC(Cc1cc(F)cc(F)c1)c1ccc(C)s1. The molecule has 1 unspecified atom stereocenters. The quantitative estimate of drug-likeness (QED) is 0.865. The van der Waals surface area contributed by atoms with Crippen LogP contribution in [0.15, 0.2) is 30.3 Å². The molecule has 0 fully saturated rings. The second-order valence-corrected chi connectivity index (χ2v) is 5.86. The van der Waals surface area contributed by atoms with Gasteiger partial charge in [0.25, 0.3) is 0 Å². The first-order chi connectivity index (χ1) is 9.08. The summed E-state index contributed by atoms with van der Waals surface area (Å²) in [5.74, 6) is -1.04. The van der Waals surface area contributed by atoms with Gasteiger partial charge in [0, 0.05) is 21.9 Å². The fourth-order valence-electron chi connectivity index (χ4n) is 2.12. The van der Waals surface area contributed by atoms with Gasteiger partial charge in [-0.05, 0) is 49.7 Å². The molecule has 2 aromatic rings. The van der Waals surface area contributed by atoms with Crippen molar-refractivity contribution in [3.63, 3.8) is 0 Å². The van der Waals surface area contributed by atoms with Crippen molar-refractivity contribution in [2.75, 3.05) is 6.54 Å². The monoisotopic (exact) mass is 281 g/mol. The number of nitrogens with one attached hydrogen (secondary N) is 1. The van der Waals surface area contributed by atoms with Crippen LogP contribution in [0.4, 0.5) is 8.78 Å². The summed E-state index contributed by atoms with van der Waals surface area (Å²) in [7, 11) is 0. The van der Waals surface area contributed by atoms with Gasteiger partial charge in [-0.3, -0.25) is 0 Å². The molecule has 0 aliphatic heterocycles. The number of hydrogen-bond donors (Lipinski definition) is 1. The first-order valence-corrected chi connectivity index (χ1v) is 7.15. The molecule has 1 N–H and O–H groups in total. The largest absolute Gasteiger partial charge is 0.309 e. The summed E-state index contributed by atoms with van der Waals surface area (Å²) in [6.07, 6.45) is 0.586. The van der Waals surface area contributed by atoms with Crippen LogP contribution in [-0.4, -0.2) is 6.54 Å². The van der Waals surface area contributed by atoms with Crippen molar-refractivity contribution in [1.29, 1.82) is 0 Å². The molecule has 1 heterocycles. The zero-order chi connectivity index (χ0) is 13.8. The Labute approximate surface area is 116 Å². The highest BCUT2D eigenvalue weighted by atomic mass is 32.1. The summed E-state index contributed by atoms with van der Waals surface area (Å²) >= 11 is 1.71. The van der Waals surface area contributed by atoms with E-state index >= 15 is 0 Å². The highest BCUT2D eigenvalue weighted by molar-refractivity contribution is 7.12. The Morgan fingerprint density at radius 3 is 2.37 bits per heavy atom. The summed E-state index contributed by atoms with van der Waals surface area (Å²) in [4.78, 5) is 2.44. The third kappa shape index (κ3) is 3.85. The summed E-state index contributed by atoms with van der Waals surface area (Å²) in [6.45, 7) is 4.90. The van der Waals surface area contributed by atoms with E-state index in [4.69, 9.17) is 0 Å². The first-order valence-electron chi connectivity index (χ1n) is 6.33. The average molecular weight is 281 g/mol. The molecule has 0 spiro atoms. The molecule has 0 saturated heterocycles. The predicted molar refractivity (Wildman–Crippen MR) is 75.5 cm³/mol. The highest BCUT2D eigenvalue weighted by Gasteiger charge is 2.14. The van der Waals surface area contributed by atoms with E-state index in [2.05, 4.69) is 24.4 Å². The number of aryl methyl sites for hydroxylation is 1. The summed E-state index contributed by atoms with van der Waals surface area (Å²) in [5, 5.41) is 3.37. The van der Waals surface area contributed by atoms with E-state index in [1.165, 1.54) is 21.9 Å². The van der Waals surface area contributed by atoms with Crippen LogP contribution in [0.2, 0.25) is 0 Å². The Morgan fingerprint density at radius 2 is 1.84 bits per heavy atom. The molecule has 102 valence electrons. The molecule has 1 aromatic carbocycles. The lowest BCUT2D eigenvalue weighted by Gasteiger charge is -2.16. The standard InChI is InChI=1S/C15H17F2NS/c1-3-18-14(15-5-4-10(2)19-15)8-11-6-12(16)9-13(17)7-11/h4-7,9,14,18H,3,8H2,1-2H3. The summed E-state index contributed by atoms with van der Waals surface area (Å²) in [5.41, 5.74) is 0.675. The molecule has 0 saturated carbocycles. The van der Waals surface area contributed by atoms with Crippen molar-refractivity contribution in [3.05, 3.63) is 57.3 Å². The van der Waals surface area contributed by atoms with Crippen LogP contribution >= 0.6 is 11.3 Å². The van der Waals surface area contributed by atoms with Gasteiger partial charge < -0.3 is 5.32 Å². The second kappa shape index (κ2) is 6.26. The van der Waals surface area contributed by atoms with Gasteiger partial charge in [-0.1, -0.05) is 6.92 Å². The van der Waals surface area contributed by atoms with Crippen LogP contribution in [0.5, 0.6) is 0 Å². The molecule has 0 amide bonds. The third-order valence-corrected chi connectivity index (χ3v) is 4.03. The minimum absolute atomic E-state index is 0.102. The topological polar surface area (TPSA) is 12.0 Å². The third-order valence-electron chi connectivity index (χ3n) is 2.92. The first kappa shape index (κ1) is 14.2. The Bertz CT molecular complexity index is 531. The van der Waals surface area contributed by atoms with E-state index in [-0.39, 0.29) is 6.04 Å². The normalized spacial score (nSPS) is 12.6. The summed E-state index contributed by atoms with van der Waals surface area (Å²) in [6, 6.07) is 7.94. The number of rotatable bonds is 5. The summed E-state index contributed by atoms with van der Waals surface area (Å²) < 4.78 is 26.4. The average Bonchev–Trinajstić information content (AvgIpc) is 2.74. The van der Waals surface area contributed by atoms with Crippen LogP contribution in [0.3, 0.4) is 0 Å². The van der Waals surface area contributed by atoms with E-state index in [1.54, 1.807) is 11.3 Å². The molecular weight excluding hydrogens is 264 g/mol. The lowest BCUT2D eigenvalue weighted by molar-refractivity contribution is 0.545. The van der Waals surface area contributed by atoms with Crippen molar-refractivity contribution in [3.8, 4) is 0 Å². The minimum Gasteiger partial charge on any atom is -0.309 e. The zero-order valence-corrected chi connectivity index (χ0v) is 11.9. The molecule has 0 bridgehead atoms. The van der Waals surface area contributed by atoms with Crippen LogP contribution in [-0.2, 0) is 6.42 Å². The molecular formula is C15H17F2NS. The molecule has 0 aliphatic carbocycles. The molecule has 1 nitrogen and oxygen atoms in total. The molecule has 19 heavy (non-hydrogen) atoms. The van der Waals surface area contributed by atoms with Gasteiger partial charge in [-0.15, -0.1) is 11.3 Å². The van der Waals surface area contributed by atoms with Crippen LogP contribution in [0.1, 0.15) is 28.3 Å². The second-order valence-electron chi connectivity index (χ2n) is 4.54. The van der Waals surface area contributed by atoms with Gasteiger partial charge in [-0.2, -0.15) is 0 Å². The molecule has 4 heteroatoms. The maximum absolute atomic E-state index is 13.2. The van der Waals surface area contributed by atoms with Gasteiger partial charge in [0.15, 0.2) is 0 Å². The number of benzene rings is 1. The van der Waals surface area contributed by atoms with Gasteiger partial charge >= 0.3 is 0 Å². The minimum atomic E-state index is -0.521. The zero-order valence-electron chi connectivity index (χ0n) is 11.0. The maximum Gasteiger partial charge on any atom is 0.126 e. The van der Waals surface area contributed by atoms with Crippen LogP contribution < -0.4 is 5.32 Å². The van der Waals surface area contributed by atoms with E-state index < -0.39 is 11.6 Å². The number of hydrogen-bond acceptors (Lipinski definition) is 2. The number of likely N-dealkylation sites (N-methyl/N-ethyl adjacent to an activating group) is 1. The van der Waals surface area contributed by atoms with E-state index in [9.17, 15) is 8.78 Å². The molecule has 1 aromatic heterocycles. The molecule has 2 rings (SSSR count). The smallest absolute Gasteiger partial charge is 0.126 e. The van der Waals surface area contributed by atoms with Crippen molar-refractivity contribution in [2.45, 2.75) is 26.3 Å². The van der Waals surface area contributed by atoms with Crippen LogP contribution in [0, 0.1) is 18.6 Å². The lowest BCUT2D eigenvalue weighted by atomic mass is 10.0.